The van der Waals surface area contributed by atoms with Gasteiger partial charge in [0, 0.05) is 26.2 Å². The molecule has 5 heteroatoms. The number of halogens is 1. The molecule has 4 nitrogen and oxygen atoms in total. The molecule has 0 aromatic heterocycles. The van der Waals surface area contributed by atoms with E-state index in [0.717, 1.165) is 30.8 Å². The molecule has 0 radical (unpaired) electrons. The highest BCUT2D eigenvalue weighted by Crippen LogP contribution is 2.17. The van der Waals surface area contributed by atoms with Crippen molar-refractivity contribution < 1.29 is 13.9 Å². The Morgan fingerprint density at radius 2 is 1.83 bits per heavy atom. The smallest absolute Gasteiger partial charge is 0.257 e. The minimum absolute atomic E-state index is 0.220. The Morgan fingerprint density at radius 3 is 2.39 bits per heavy atom. The number of nitrogens with one attached hydrogen (secondary N) is 1. The van der Waals surface area contributed by atoms with Crippen LogP contribution in [0, 0.1) is 0 Å². The average molecular weight is 322 g/mol. The number of nitrogens with zero attached hydrogens (tertiary/aromatic N) is 1. The summed E-state index contributed by atoms with van der Waals surface area (Å²) in [4.78, 5) is 14.1. The van der Waals surface area contributed by atoms with Gasteiger partial charge in [-0.05, 0) is 38.8 Å². The molecule has 1 aliphatic rings. The van der Waals surface area contributed by atoms with Crippen molar-refractivity contribution in [3.63, 3.8) is 0 Å². The Balaban J connectivity index is 2.01. The fraction of sp³-hybridized carbons (Fsp3) is 0.611. The van der Waals surface area contributed by atoms with Crippen molar-refractivity contribution in [1.29, 1.82) is 0 Å². The van der Waals surface area contributed by atoms with Crippen molar-refractivity contribution >= 4 is 5.91 Å². The van der Waals surface area contributed by atoms with E-state index in [4.69, 9.17) is 4.74 Å². The predicted molar refractivity (Wildman–Crippen MR) is 88.8 cm³/mol. The van der Waals surface area contributed by atoms with Crippen LogP contribution in [-0.2, 0) is 22.6 Å². The molecule has 2 rings (SSSR count). The van der Waals surface area contributed by atoms with Crippen molar-refractivity contribution in [2.45, 2.75) is 58.7 Å². The number of amides is 1. The van der Waals surface area contributed by atoms with Crippen molar-refractivity contribution in [3.8, 4) is 0 Å². The maximum absolute atomic E-state index is 13.6. The van der Waals surface area contributed by atoms with Crippen molar-refractivity contribution in [2.24, 2.45) is 0 Å². The molecule has 2 atom stereocenters. The second kappa shape index (κ2) is 7.41. The average Bonchev–Trinajstić information content (AvgIpc) is 2.44. The third-order valence-corrected chi connectivity index (χ3v) is 3.99. The Bertz CT molecular complexity index is 532. The van der Waals surface area contributed by atoms with Crippen LogP contribution in [0.2, 0.25) is 0 Å². The van der Waals surface area contributed by atoms with E-state index >= 15 is 0 Å². The van der Waals surface area contributed by atoms with Gasteiger partial charge in [-0.1, -0.05) is 24.3 Å². The quantitative estimate of drug-likeness (QED) is 0.906. The normalized spacial score (nSPS) is 22.8. The first kappa shape index (κ1) is 17.9. The Hall–Kier alpha value is -1.46. The molecule has 1 aromatic carbocycles. The molecule has 1 aromatic rings. The monoisotopic (exact) mass is 322 g/mol. The van der Waals surface area contributed by atoms with Gasteiger partial charge in [-0.15, -0.1) is 0 Å². The summed E-state index contributed by atoms with van der Waals surface area (Å²) >= 11 is 0. The van der Waals surface area contributed by atoms with Gasteiger partial charge in [-0.25, -0.2) is 4.39 Å². The standard InChI is InChI=1S/C18H27FN2O2/c1-13-10-21(11-14(2)23-13)12-16-8-6-5-7-15(16)9-20-17(22)18(3,4)19/h5-8,13-14H,9-12H2,1-4H3,(H,20,22)/t13-,14-/m0/s1. The summed E-state index contributed by atoms with van der Waals surface area (Å²) in [5, 5.41) is 2.68. The van der Waals surface area contributed by atoms with Crippen LogP contribution < -0.4 is 5.32 Å². The van der Waals surface area contributed by atoms with E-state index in [1.807, 2.05) is 18.2 Å². The molecule has 1 amide bonds. The molecule has 0 spiro atoms. The lowest BCUT2D eigenvalue weighted by molar-refractivity contribution is -0.130. The van der Waals surface area contributed by atoms with Gasteiger partial charge in [0.05, 0.1) is 12.2 Å². The molecule has 23 heavy (non-hydrogen) atoms. The highest BCUT2D eigenvalue weighted by molar-refractivity contribution is 5.84. The predicted octanol–water partition coefficient (Wildman–Crippen LogP) is 2.66. The first-order valence-corrected chi connectivity index (χ1v) is 8.17. The maximum Gasteiger partial charge on any atom is 0.257 e. The molecular formula is C18H27FN2O2. The third kappa shape index (κ3) is 5.29. The van der Waals surface area contributed by atoms with Gasteiger partial charge < -0.3 is 10.1 Å². The maximum atomic E-state index is 13.6. The van der Waals surface area contributed by atoms with Gasteiger partial charge in [0.25, 0.3) is 5.91 Å². The lowest BCUT2D eigenvalue weighted by Crippen LogP contribution is -2.45. The summed E-state index contributed by atoms with van der Waals surface area (Å²) in [5.74, 6) is -0.582. The van der Waals surface area contributed by atoms with Gasteiger partial charge in [-0.3, -0.25) is 9.69 Å². The molecule has 1 aliphatic heterocycles. The van der Waals surface area contributed by atoms with Crippen molar-refractivity contribution in [3.05, 3.63) is 35.4 Å². The van der Waals surface area contributed by atoms with Crippen LogP contribution in [-0.4, -0.2) is 41.8 Å². The molecule has 0 aliphatic carbocycles. The summed E-state index contributed by atoms with van der Waals surface area (Å²) < 4.78 is 19.4. The molecule has 1 heterocycles. The molecule has 0 bridgehead atoms. The van der Waals surface area contributed by atoms with Crippen LogP contribution in [0.1, 0.15) is 38.8 Å². The van der Waals surface area contributed by atoms with Crippen LogP contribution in [0.4, 0.5) is 4.39 Å². The Kier molecular flexibility index (Phi) is 5.76. The van der Waals surface area contributed by atoms with E-state index in [2.05, 4.69) is 30.1 Å². The van der Waals surface area contributed by atoms with E-state index in [9.17, 15) is 9.18 Å². The molecule has 0 saturated carbocycles. The SMILES string of the molecule is C[C@H]1CN(Cc2ccccc2CNC(=O)C(C)(C)F)C[C@H](C)O1. The second-order valence-corrected chi connectivity index (χ2v) is 6.88. The summed E-state index contributed by atoms with van der Waals surface area (Å²) in [6.07, 6.45) is 0.441. The zero-order chi connectivity index (χ0) is 17.0. The van der Waals surface area contributed by atoms with E-state index in [1.54, 1.807) is 0 Å². The molecule has 1 saturated heterocycles. The number of rotatable bonds is 5. The van der Waals surface area contributed by atoms with Gasteiger partial charge >= 0.3 is 0 Å². The number of benzene rings is 1. The van der Waals surface area contributed by atoms with Crippen molar-refractivity contribution in [1.82, 2.24) is 10.2 Å². The molecule has 1 N–H and O–H groups in total. The number of ether oxygens (including phenoxy) is 1. The fourth-order valence-corrected chi connectivity index (χ4v) is 2.92. The highest BCUT2D eigenvalue weighted by Gasteiger charge is 2.26. The number of carbonyl (C=O) groups is 1. The summed E-state index contributed by atoms with van der Waals surface area (Å²) in [6.45, 7) is 9.64. The highest BCUT2D eigenvalue weighted by atomic mass is 19.1. The van der Waals surface area contributed by atoms with E-state index in [1.165, 1.54) is 13.8 Å². The van der Waals surface area contributed by atoms with Gasteiger partial charge in [-0.2, -0.15) is 0 Å². The largest absolute Gasteiger partial charge is 0.373 e. The van der Waals surface area contributed by atoms with Gasteiger partial charge in [0.15, 0.2) is 5.67 Å². The second-order valence-electron chi connectivity index (χ2n) is 6.88. The fourth-order valence-electron chi connectivity index (χ4n) is 2.92. The number of hydrogen-bond donors (Lipinski definition) is 1. The zero-order valence-electron chi connectivity index (χ0n) is 14.4. The number of hydrogen-bond acceptors (Lipinski definition) is 3. The first-order chi connectivity index (χ1) is 10.8. The minimum atomic E-state index is -1.86. The lowest BCUT2D eigenvalue weighted by Gasteiger charge is -2.35. The molecule has 1 fully saturated rings. The van der Waals surface area contributed by atoms with Crippen LogP contribution in [0.15, 0.2) is 24.3 Å². The Morgan fingerprint density at radius 1 is 1.26 bits per heavy atom. The molecular weight excluding hydrogens is 295 g/mol. The number of carbonyl (C=O) groups excluding carboxylic acids is 1. The molecule has 128 valence electrons. The third-order valence-electron chi connectivity index (χ3n) is 3.99. The van der Waals surface area contributed by atoms with Gasteiger partial charge in [0.1, 0.15) is 0 Å². The van der Waals surface area contributed by atoms with Crippen LogP contribution >= 0.6 is 0 Å². The van der Waals surface area contributed by atoms with Crippen molar-refractivity contribution in [2.75, 3.05) is 13.1 Å². The lowest BCUT2D eigenvalue weighted by atomic mass is 10.1. The topological polar surface area (TPSA) is 41.6 Å². The van der Waals surface area contributed by atoms with Crippen LogP contribution in [0.5, 0.6) is 0 Å². The number of morpholine rings is 1. The zero-order valence-corrected chi connectivity index (χ0v) is 14.4. The Labute approximate surface area is 138 Å². The van der Waals surface area contributed by atoms with Gasteiger partial charge in [0.2, 0.25) is 0 Å². The van der Waals surface area contributed by atoms with E-state index < -0.39 is 11.6 Å². The summed E-state index contributed by atoms with van der Waals surface area (Å²) in [6, 6.07) is 7.98. The summed E-state index contributed by atoms with van der Waals surface area (Å²) in [7, 11) is 0. The number of alkyl halides is 1. The molecule has 0 unspecified atom stereocenters. The first-order valence-electron chi connectivity index (χ1n) is 8.17. The minimum Gasteiger partial charge on any atom is -0.373 e. The van der Waals surface area contributed by atoms with Crippen LogP contribution in [0.25, 0.3) is 0 Å². The van der Waals surface area contributed by atoms with E-state index in [0.29, 0.717) is 6.54 Å². The van der Waals surface area contributed by atoms with Crippen LogP contribution in [0.3, 0.4) is 0 Å². The summed E-state index contributed by atoms with van der Waals surface area (Å²) in [5.41, 5.74) is 0.326. The van der Waals surface area contributed by atoms with E-state index in [-0.39, 0.29) is 12.2 Å².